The molecule has 1 rings (SSSR count). The highest BCUT2D eigenvalue weighted by Gasteiger charge is 2.24. The Hall–Kier alpha value is -1.31. The number of rotatable bonds is 4. The molecule has 0 fully saturated rings. The van der Waals surface area contributed by atoms with E-state index >= 15 is 0 Å². The summed E-state index contributed by atoms with van der Waals surface area (Å²) < 4.78 is 0. The molecule has 2 heteroatoms. The second-order valence-corrected chi connectivity index (χ2v) is 8.38. The molecule has 22 heavy (non-hydrogen) atoms. The first-order valence-corrected chi connectivity index (χ1v) is 8.38. The van der Waals surface area contributed by atoms with E-state index in [-0.39, 0.29) is 10.8 Å². The summed E-state index contributed by atoms with van der Waals surface area (Å²) in [4.78, 5) is 4.61. The minimum atomic E-state index is -0.0943. The average molecular weight is 303 g/mol. The van der Waals surface area contributed by atoms with Gasteiger partial charge in [0.25, 0.3) is 0 Å². The minimum absolute atomic E-state index is 0.0469. The van der Waals surface area contributed by atoms with Crippen LogP contribution >= 0.6 is 0 Å². The molecule has 0 aliphatic rings. The van der Waals surface area contributed by atoms with Crippen molar-refractivity contribution in [2.45, 2.75) is 85.1 Å². The first kappa shape index (κ1) is 18.7. The molecule has 0 heterocycles. The Morgan fingerprint density at radius 3 is 2.14 bits per heavy atom. The van der Waals surface area contributed by atoms with E-state index in [1.165, 1.54) is 5.56 Å². The van der Waals surface area contributed by atoms with Crippen LogP contribution in [0.2, 0.25) is 0 Å². The van der Waals surface area contributed by atoms with Gasteiger partial charge in [-0.3, -0.25) is 4.99 Å². The van der Waals surface area contributed by atoms with Crippen LogP contribution in [0.25, 0.3) is 0 Å². The third kappa shape index (κ3) is 4.86. The van der Waals surface area contributed by atoms with Crippen LogP contribution in [0.4, 0.5) is 0 Å². The fourth-order valence-corrected chi connectivity index (χ4v) is 2.46. The molecule has 1 N–H and O–H groups in total. The van der Waals surface area contributed by atoms with Crippen molar-refractivity contribution >= 4 is 6.21 Å². The number of phenolic OH excluding ortho intramolecular Hbond substituents is 1. The summed E-state index contributed by atoms with van der Waals surface area (Å²) >= 11 is 0. The number of hydrogen-bond acceptors (Lipinski definition) is 2. The van der Waals surface area contributed by atoms with E-state index < -0.39 is 0 Å². The maximum atomic E-state index is 10.7. The second kappa shape index (κ2) is 6.85. The summed E-state index contributed by atoms with van der Waals surface area (Å²) in [5.74, 6) is 0.368. The highest BCUT2D eigenvalue weighted by molar-refractivity contribution is 5.85. The SMILES string of the molecule is CCCC(C)N=Cc1cc(C(C)(C)C)cc(C(C)(C)C)c1O. The third-order valence-electron chi connectivity index (χ3n) is 3.99. The van der Waals surface area contributed by atoms with Gasteiger partial charge in [0.2, 0.25) is 0 Å². The van der Waals surface area contributed by atoms with Crippen molar-refractivity contribution in [3.63, 3.8) is 0 Å². The molecule has 0 aromatic heterocycles. The molecule has 2 nitrogen and oxygen atoms in total. The molecule has 1 atom stereocenters. The summed E-state index contributed by atoms with van der Waals surface area (Å²) in [7, 11) is 0. The van der Waals surface area contributed by atoms with Crippen LogP contribution in [0.3, 0.4) is 0 Å². The highest BCUT2D eigenvalue weighted by Crippen LogP contribution is 2.37. The van der Waals surface area contributed by atoms with Crippen molar-refractivity contribution in [1.82, 2.24) is 0 Å². The maximum absolute atomic E-state index is 10.7. The van der Waals surface area contributed by atoms with E-state index in [0.29, 0.717) is 11.8 Å². The van der Waals surface area contributed by atoms with Crippen molar-refractivity contribution in [3.05, 3.63) is 28.8 Å². The summed E-state index contributed by atoms with van der Waals surface area (Å²) in [6.07, 6.45) is 4.04. The Balaban J connectivity index is 3.37. The smallest absolute Gasteiger partial charge is 0.128 e. The zero-order chi connectivity index (χ0) is 17.1. The van der Waals surface area contributed by atoms with Crippen LogP contribution in [0.1, 0.15) is 84.9 Å². The van der Waals surface area contributed by atoms with E-state index in [4.69, 9.17) is 0 Å². The first-order valence-electron chi connectivity index (χ1n) is 8.38. The molecule has 1 aromatic rings. The summed E-state index contributed by atoms with van der Waals surface area (Å²) in [5, 5.41) is 10.7. The van der Waals surface area contributed by atoms with E-state index in [2.05, 4.69) is 72.5 Å². The lowest BCUT2D eigenvalue weighted by atomic mass is 9.79. The van der Waals surface area contributed by atoms with Crippen LogP contribution < -0.4 is 0 Å². The highest BCUT2D eigenvalue weighted by atomic mass is 16.3. The van der Waals surface area contributed by atoms with Gasteiger partial charge in [0.05, 0.1) is 0 Å². The standard InChI is InChI=1S/C20H33NO/c1-9-10-14(2)21-13-15-11-16(19(3,4)5)12-17(18(15)22)20(6,7)8/h11-14,22H,9-10H2,1-8H3. The van der Waals surface area contributed by atoms with Crippen LogP contribution in [0, 0.1) is 0 Å². The van der Waals surface area contributed by atoms with Crippen molar-refractivity contribution in [1.29, 1.82) is 0 Å². The van der Waals surface area contributed by atoms with Gasteiger partial charge in [-0.2, -0.15) is 0 Å². The quantitative estimate of drug-likeness (QED) is 0.722. The lowest BCUT2D eigenvalue weighted by Crippen LogP contribution is -2.17. The summed E-state index contributed by atoms with van der Waals surface area (Å²) in [6.45, 7) is 17.3. The Labute approximate surface area is 136 Å². The van der Waals surface area contributed by atoms with E-state index in [9.17, 15) is 5.11 Å². The lowest BCUT2D eigenvalue weighted by molar-refractivity contribution is 0.444. The average Bonchev–Trinajstić information content (AvgIpc) is 2.35. The Morgan fingerprint density at radius 2 is 1.68 bits per heavy atom. The van der Waals surface area contributed by atoms with Gasteiger partial charge in [-0.1, -0.05) is 61.0 Å². The van der Waals surface area contributed by atoms with E-state index in [1.54, 1.807) is 0 Å². The molecule has 0 amide bonds. The molecule has 1 unspecified atom stereocenters. The van der Waals surface area contributed by atoms with E-state index in [0.717, 1.165) is 24.0 Å². The van der Waals surface area contributed by atoms with E-state index in [1.807, 2.05) is 6.21 Å². The van der Waals surface area contributed by atoms with Crippen LogP contribution in [0.5, 0.6) is 5.75 Å². The number of benzene rings is 1. The van der Waals surface area contributed by atoms with Crippen molar-refractivity contribution < 1.29 is 5.11 Å². The molecule has 0 aliphatic heterocycles. The molecular weight excluding hydrogens is 270 g/mol. The molecular formula is C20H33NO. The molecule has 0 saturated heterocycles. The van der Waals surface area contributed by atoms with Gasteiger partial charge in [-0.15, -0.1) is 0 Å². The van der Waals surface area contributed by atoms with Crippen molar-refractivity contribution in [2.75, 3.05) is 0 Å². The molecule has 124 valence electrons. The van der Waals surface area contributed by atoms with Gasteiger partial charge in [0, 0.05) is 23.4 Å². The zero-order valence-electron chi connectivity index (χ0n) is 15.6. The molecule has 0 radical (unpaired) electrons. The number of aliphatic imine (C=N–C) groups is 1. The van der Waals surface area contributed by atoms with Gasteiger partial charge in [0.1, 0.15) is 5.75 Å². The van der Waals surface area contributed by atoms with Crippen LogP contribution in [0.15, 0.2) is 17.1 Å². The number of aromatic hydroxyl groups is 1. The fourth-order valence-electron chi connectivity index (χ4n) is 2.46. The van der Waals surface area contributed by atoms with Crippen LogP contribution in [-0.2, 0) is 10.8 Å². The molecule has 0 aliphatic carbocycles. The monoisotopic (exact) mass is 303 g/mol. The topological polar surface area (TPSA) is 32.6 Å². The Kier molecular flexibility index (Phi) is 5.83. The summed E-state index contributed by atoms with van der Waals surface area (Å²) in [5.41, 5.74) is 3.01. The first-order chi connectivity index (χ1) is 9.96. The van der Waals surface area contributed by atoms with Gasteiger partial charge < -0.3 is 5.11 Å². The third-order valence-corrected chi connectivity index (χ3v) is 3.99. The van der Waals surface area contributed by atoms with Gasteiger partial charge in [0.15, 0.2) is 0 Å². The molecule has 0 bridgehead atoms. The van der Waals surface area contributed by atoms with Gasteiger partial charge >= 0.3 is 0 Å². The van der Waals surface area contributed by atoms with Gasteiger partial charge in [-0.05, 0) is 35.8 Å². The summed E-state index contributed by atoms with van der Waals surface area (Å²) in [6, 6.07) is 4.51. The number of hydrogen-bond donors (Lipinski definition) is 1. The maximum Gasteiger partial charge on any atom is 0.128 e. The molecule has 0 saturated carbocycles. The second-order valence-electron chi connectivity index (χ2n) is 8.38. The predicted molar refractivity (Wildman–Crippen MR) is 97.5 cm³/mol. The minimum Gasteiger partial charge on any atom is -0.507 e. The molecule has 0 spiro atoms. The molecule has 1 aromatic carbocycles. The Morgan fingerprint density at radius 1 is 1.09 bits per heavy atom. The van der Waals surface area contributed by atoms with Crippen LogP contribution in [-0.4, -0.2) is 17.4 Å². The lowest BCUT2D eigenvalue weighted by Gasteiger charge is -2.27. The predicted octanol–water partition coefficient (Wildman–Crippen LogP) is 5.59. The number of nitrogens with zero attached hydrogens (tertiary/aromatic N) is 1. The van der Waals surface area contributed by atoms with Crippen molar-refractivity contribution in [2.24, 2.45) is 4.99 Å². The number of phenols is 1. The Bertz CT molecular complexity index is 530. The fraction of sp³-hybridized carbons (Fsp3) is 0.650. The largest absolute Gasteiger partial charge is 0.507 e. The normalized spacial score (nSPS) is 14.5. The van der Waals surface area contributed by atoms with Gasteiger partial charge in [-0.25, -0.2) is 0 Å². The zero-order valence-corrected chi connectivity index (χ0v) is 15.6. The van der Waals surface area contributed by atoms with Crippen molar-refractivity contribution in [3.8, 4) is 5.75 Å².